The lowest BCUT2D eigenvalue weighted by Gasteiger charge is -2.17. The van der Waals surface area contributed by atoms with E-state index in [9.17, 15) is 22.0 Å². The highest BCUT2D eigenvalue weighted by Gasteiger charge is 2.22. The summed E-state index contributed by atoms with van der Waals surface area (Å²) in [6, 6.07) is 7.28. The number of carbonyl (C=O) groups is 1. The molecule has 158 valence electrons. The van der Waals surface area contributed by atoms with E-state index in [0.29, 0.717) is 21.9 Å². The lowest BCUT2D eigenvalue weighted by Crippen LogP contribution is -2.06. The largest absolute Gasteiger partial charge is 0.481 e. The molecule has 3 aromatic rings. The Labute approximate surface area is 176 Å². The topological polar surface area (TPSA) is 80.7 Å². The van der Waals surface area contributed by atoms with Crippen LogP contribution in [-0.4, -0.2) is 25.2 Å². The lowest BCUT2D eigenvalue weighted by molar-refractivity contribution is -0.136. The van der Waals surface area contributed by atoms with Gasteiger partial charge in [0, 0.05) is 11.5 Å². The summed E-state index contributed by atoms with van der Waals surface area (Å²) in [4.78, 5) is 10.8. The second kappa shape index (κ2) is 8.20. The zero-order chi connectivity index (χ0) is 22.2. The first-order chi connectivity index (χ1) is 14.0. The summed E-state index contributed by atoms with van der Waals surface area (Å²) in [6.45, 7) is 2.99. The SMILES string of the molecule is CCS(=O)(=O)c1cc(F)c(Oc2c(C)c(CC(=O)O)cc3ccc(F)cc23)cc1Cl. The number of benzene rings is 3. The first-order valence-electron chi connectivity index (χ1n) is 8.86. The number of halogens is 3. The van der Waals surface area contributed by atoms with Crippen molar-refractivity contribution >= 4 is 38.2 Å². The average molecular weight is 455 g/mol. The quantitative estimate of drug-likeness (QED) is 0.547. The Kier molecular flexibility index (Phi) is 6.01. The fourth-order valence-corrected chi connectivity index (χ4v) is 4.52. The molecule has 0 aliphatic rings. The number of rotatable bonds is 6. The van der Waals surface area contributed by atoms with Gasteiger partial charge in [-0.25, -0.2) is 17.2 Å². The van der Waals surface area contributed by atoms with Crippen LogP contribution >= 0.6 is 11.6 Å². The predicted octanol–water partition coefficient (Wildman–Crippen LogP) is 5.29. The molecular formula is C21H17ClF2O5S. The highest BCUT2D eigenvalue weighted by molar-refractivity contribution is 7.91. The van der Waals surface area contributed by atoms with Crippen molar-refractivity contribution in [2.75, 3.05) is 5.75 Å². The molecule has 0 radical (unpaired) electrons. The zero-order valence-corrected chi connectivity index (χ0v) is 17.6. The number of carboxylic acid groups (broad SMARTS) is 1. The Morgan fingerprint density at radius 1 is 1.17 bits per heavy atom. The number of hydrogen-bond acceptors (Lipinski definition) is 4. The molecule has 0 fully saturated rings. The van der Waals surface area contributed by atoms with Crippen molar-refractivity contribution in [1.82, 2.24) is 0 Å². The molecule has 3 rings (SSSR count). The van der Waals surface area contributed by atoms with Gasteiger partial charge in [0.1, 0.15) is 11.6 Å². The minimum Gasteiger partial charge on any atom is -0.481 e. The smallest absolute Gasteiger partial charge is 0.307 e. The second-order valence-electron chi connectivity index (χ2n) is 6.64. The second-order valence-corrected chi connectivity index (χ2v) is 9.30. The van der Waals surface area contributed by atoms with Crippen molar-refractivity contribution in [2.24, 2.45) is 0 Å². The van der Waals surface area contributed by atoms with Gasteiger partial charge in [0.15, 0.2) is 21.4 Å². The number of ether oxygens (including phenoxy) is 1. The van der Waals surface area contributed by atoms with Crippen LogP contribution in [0, 0.1) is 18.6 Å². The summed E-state index contributed by atoms with van der Waals surface area (Å²) in [5, 5.41) is 9.76. The molecule has 0 aliphatic heterocycles. The van der Waals surface area contributed by atoms with Crippen molar-refractivity contribution < 1.29 is 31.8 Å². The minimum atomic E-state index is -3.75. The van der Waals surface area contributed by atoms with Crippen LogP contribution in [0.4, 0.5) is 8.78 Å². The summed E-state index contributed by atoms with van der Waals surface area (Å²) >= 11 is 6.05. The molecule has 0 bridgehead atoms. The molecule has 0 heterocycles. The number of hydrogen-bond donors (Lipinski definition) is 1. The lowest BCUT2D eigenvalue weighted by atomic mass is 9.98. The standard InChI is InChI=1S/C21H17ClF2O5S/c1-3-30(27,28)19-10-17(24)18(9-16(19)22)29-21-11(2)13(7-20(25)26)6-12-4-5-14(23)8-15(12)21/h4-6,8-10H,3,7H2,1-2H3,(H,25,26). The average Bonchev–Trinajstić information content (AvgIpc) is 2.67. The summed E-state index contributed by atoms with van der Waals surface area (Å²) in [7, 11) is -3.75. The van der Waals surface area contributed by atoms with E-state index in [2.05, 4.69) is 0 Å². The Bertz CT molecular complexity index is 1270. The Balaban J connectivity index is 2.20. The van der Waals surface area contributed by atoms with Gasteiger partial charge < -0.3 is 9.84 Å². The zero-order valence-electron chi connectivity index (χ0n) is 16.0. The fraction of sp³-hybridized carbons (Fsp3) is 0.190. The molecule has 0 saturated heterocycles. The monoisotopic (exact) mass is 454 g/mol. The fourth-order valence-electron chi connectivity index (χ4n) is 3.07. The van der Waals surface area contributed by atoms with Crippen LogP contribution in [0.1, 0.15) is 18.1 Å². The maximum Gasteiger partial charge on any atom is 0.307 e. The van der Waals surface area contributed by atoms with E-state index in [1.165, 1.54) is 25.1 Å². The first-order valence-corrected chi connectivity index (χ1v) is 10.9. The van der Waals surface area contributed by atoms with Crippen LogP contribution in [0.5, 0.6) is 11.5 Å². The van der Waals surface area contributed by atoms with Crippen molar-refractivity contribution in [3.8, 4) is 11.5 Å². The van der Waals surface area contributed by atoms with Crippen molar-refractivity contribution in [3.05, 3.63) is 64.2 Å². The van der Waals surface area contributed by atoms with E-state index in [4.69, 9.17) is 21.4 Å². The molecule has 0 aliphatic carbocycles. The third-order valence-electron chi connectivity index (χ3n) is 4.67. The van der Waals surface area contributed by atoms with Crippen LogP contribution in [0.3, 0.4) is 0 Å². The number of carboxylic acids is 1. The van der Waals surface area contributed by atoms with Gasteiger partial charge in [-0.1, -0.05) is 30.7 Å². The molecule has 0 spiro atoms. The Morgan fingerprint density at radius 3 is 2.50 bits per heavy atom. The molecule has 3 aromatic carbocycles. The first kappa shape index (κ1) is 22.0. The molecular weight excluding hydrogens is 438 g/mol. The van der Waals surface area contributed by atoms with Gasteiger partial charge in [0.2, 0.25) is 0 Å². The van der Waals surface area contributed by atoms with Gasteiger partial charge in [0.05, 0.1) is 22.1 Å². The number of aliphatic carboxylic acids is 1. The third-order valence-corrected chi connectivity index (χ3v) is 6.86. The molecule has 1 N–H and O–H groups in total. The number of sulfone groups is 1. The molecule has 0 saturated carbocycles. The van der Waals surface area contributed by atoms with Gasteiger partial charge in [-0.05, 0) is 41.6 Å². The van der Waals surface area contributed by atoms with Gasteiger partial charge in [-0.2, -0.15) is 0 Å². The summed E-state index contributed by atoms with van der Waals surface area (Å²) < 4.78 is 58.4. The van der Waals surface area contributed by atoms with E-state index in [-0.39, 0.29) is 33.6 Å². The molecule has 0 unspecified atom stereocenters. The molecule has 0 amide bonds. The van der Waals surface area contributed by atoms with Gasteiger partial charge in [-0.3, -0.25) is 4.79 Å². The highest BCUT2D eigenvalue weighted by atomic mass is 35.5. The van der Waals surface area contributed by atoms with Crippen LogP contribution in [0.2, 0.25) is 5.02 Å². The predicted molar refractivity (Wildman–Crippen MR) is 109 cm³/mol. The molecule has 9 heteroatoms. The van der Waals surface area contributed by atoms with Crippen molar-refractivity contribution in [3.63, 3.8) is 0 Å². The number of fused-ring (bicyclic) bond motifs is 1. The van der Waals surface area contributed by atoms with Gasteiger partial charge in [-0.15, -0.1) is 0 Å². The van der Waals surface area contributed by atoms with Crippen molar-refractivity contribution in [1.29, 1.82) is 0 Å². The van der Waals surface area contributed by atoms with Gasteiger partial charge in [0.25, 0.3) is 0 Å². The van der Waals surface area contributed by atoms with E-state index < -0.39 is 27.4 Å². The third kappa shape index (κ3) is 4.24. The van der Waals surface area contributed by atoms with E-state index in [0.717, 1.165) is 12.1 Å². The van der Waals surface area contributed by atoms with E-state index in [1.807, 2.05) is 0 Å². The van der Waals surface area contributed by atoms with E-state index in [1.54, 1.807) is 13.0 Å². The summed E-state index contributed by atoms with van der Waals surface area (Å²) in [6.07, 6.45) is -0.313. The summed E-state index contributed by atoms with van der Waals surface area (Å²) in [5.41, 5.74) is 0.796. The van der Waals surface area contributed by atoms with Gasteiger partial charge >= 0.3 is 5.97 Å². The highest BCUT2D eigenvalue weighted by Crippen LogP contribution is 2.39. The summed E-state index contributed by atoms with van der Waals surface area (Å²) in [5.74, 6) is -3.17. The molecule has 5 nitrogen and oxygen atoms in total. The Hall–Kier alpha value is -2.71. The van der Waals surface area contributed by atoms with Crippen molar-refractivity contribution in [2.45, 2.75) is 25.2 Å². The van der Waals surface area contributed by atoms with Crippen LogP contribution < -0.4 is 4.74 Å². The van der Waals surface area contributed by atoms with E-state index >= 15 is 0 Å². The van der Waals surface area contributed by atoms with Crippen LogP contribution in [-0.2, 0) is 21.1 Å². The van der Waals surface area contributed by atoms with Crippen LogP contribution in [0.25, 0.3) is 10.8 Å². The van der Waals surface area contributed by atoms with Crippen LogP contribution in [0.15, 0.2) is 41.3 Å². The minimum absolute atomic E-state index is 0.0596. The molecule has 0 aromatic heterocycles. The normalized spacial score (nSPS) is 11.6. The maximum atomic E-state index is 14.7. The Morgan fingerprint density at radius 2 is 1.87 bits per heavy atom. The maximum absolute atomic E-state index is 14.7. The molecule has 30 heavy (non-hydrogen) atoms. The molecule has 0 atom stereocenters.